The minimum atomic E-state index is -0.0939. The number of rotatable bonds is 7. The third-order valence-corrected chi connectivity index (χ3v) is 3.62. The summed E-state index contributed by atoms with van der Waals surface area (Å²) in [7, 11) is 1.76. The van der Waals surface area contributed by atoms with Gasteiger partial charge < -0.3 is 10.1 Å². The van der Waals surface area contributed by atoms with E-state index in [4.69, 9.17) is 4.74 Å². The maximum atomic E-state index is 5.46. The van der Waals surface area contributed by atoms with Gasteiger partial charge in [0.1, 0.15) is 12.7 Å². The van der Waals surface area contributed by atoms with Gasteiger partial charge in [0.15, 0.2) is 0 Å². The molecule has 1 aromatic heterocycles. The van der Waals surface area contributed by atoms with Crippen LogP contribution in [0.15, 0.2) is 36.9 Å². The first-order chi connectivity index (χ1) is 10.00. The van der Waals surface area contributed by atoms with E-state index in [1.54, 1.807) is 18.1 Å². The van der Waals surface area contributed by atoms with E-state index in [1.807, 2.05) is 0 Å². The molecule has 2 aromatic rings. The molecule has 0 bridgehead atoms. The van der Waals surface area contributed by atoms with Crippen molar-refractivity contribution in [1.82, 2.24) is 20.1 Å². The van der Waals surface area contributed by atoms with Crippen LogP contribution in [0.4, 0.5) is 0 Å². The Balaban J connectivity index is 1.86. The molecule has 0 spiro atoms. The third-order valence-electron chi connectivity index (χ3n) is 3.62. The Morgan fingerprint density at radius 2 is 2.00 bits per heavy atom. The molecule has 0 fully saturated rings. The first kappa shape index (κ1) is 15.7. The van der Waals surface area contributed by atoms with Crippen molar-refractivity contribution >= 4 is 0 Å². The lowest BCUT2D eigenvalue weighted by Crippen LogP contribution is -2.35. The maximum Gasteiger partial charge on any atom is 0.138 e. The van der Waals surface area contributed by atoms with Gasteiger partial charge in [-0.05, 0) is 44.9 Å². The fourth-order valence-corrected chi connectivity index (χ4v) is 2.29. The summed E-state index contributed by atoms with van der Waals surface area (Å²) in [5, 5.41) is 7.64. The molecule has 0 saturated carbocycles. The molecule has 0 aliphatic rings. The first-order valence-corrected chi connectivity index (χ1v) is 7.23. The Kier molecular flexibility index (Phi) is 5.09. The lowest BCUT2D eigenvalue weighted by molar-refractivity contribution is 0.00844. The van der Waals surface area contributed by atoms with Crippen LogP contribution in [-0.2, 0) is 11.3 Å². The average Bonchev–Trinajstić information content (AvgIpc) is 2.99. The van der Waals surface area contributed by atoms with Gasteiger partial charge in [-0.15, -0.1) is 0 Å². The molecule has 1 atom stereocenters. The molecule has 5 nitrogen and oxygen atoms in total. The largest absolute Gasteiger partial charge is 0.379 e. The number of methoxy groups -OCH3 is 1. The fourth-order valence-electron chi connectivity index (χ4n) is 2.29. The highest BCUT2D eigenvalue weighted by atomic mass is 16.5. The van der Waals surface area contributed by atoms with Crippen molar-refractivity contribution in [2.24, 2.45) is 0 Å². The molecule has 1 aromatic carbocycles. The van der Waals surface area contributed by atoms with E-state index in [9.17, 15) is 0 Å². The summed E-state index contributed by atoms with van der Waals surface area (Å²) in [5.41, 5.74) is 2.18. The monoisotopic (exact) mass is 288 g/mol. The molecule has 0 saturated heterocycles. The zero-order chi connectivity index (χ0) is 15.3. The highest BCUT2D eigenvalue weighted by Gasteiger charge is 2.19. The van der Waals surface area contributed by atoms with Crippen molar-refractivity contribution in [2.45, 2.75) is 45.4 Å². The van der Waals surface area contributed by atoms with Crippen molar-refractivity contribution in [3.05, 3.63) is 42.5 Å². The quantitative estimate of drug-likeness (QED) is 0.850. The Morgan fingerprint density at radius 3 is 2.57 bits per heavy atom. The third kappa shape index (κ3) is 4.65. The molecule has 21 heavy (non-hydrogen) atoms. The highest BCUT2D eigenvalue weighted by molar-refractivity contribution is 5.33. The van der Waals surface area contributed by atoms with E-state index < -0.39 is 0 Å². The summed E-state index contributed by atoms with van der Waals surface area (Å²) in [6.07, 6.45) is 4.21. The van der Waals surface area contributed by atoms with Crippen LogP contribution in [0.1, 0.15) is 32.8 Å². The van der Waals surface area contributed by atoms with Gasteiger partial charge in [-0.2, -0.15) is 5.10 Å². The van der Waals surface area contributed by atoms with Gasteiger partial charge in [0.05, 0.1) is 11.3 Å². The summed E-state index contributed by atoms with van der Waals surface area (Å²) in [6.45, 7) is 7.25. The predicted molar refractivity (Wildman–Crippen MR) is 83.4 cm³/mol. The van der Waals surface area contributed by atoms with E-state index in [-0.39, 0.29) is 5.60 Å². The van der Waals surface area contributed by atoms with Gasteiger partial charge in [0.2, 0.25) is 0 Å². The van der Waals surface area contributed by atoms with Crippen LogP contribution < -0.4 is 5.32 Å². The second kappa shape index (κ2) is 6.83. The smallest absolute Gasteiger partial charge is 0.138 e. The Labute approximate surface area is 126 Å². The Morgan fingerprint density at radius 1 is 1.29 bits per heavy atom. The van der Waals surface area contributed by atoms with E-state index in [0.29, 0.717) is 6.04 Å². The molecule has 0 radical (unpaired) electrons. The van der Waals surface area contributed by atoms with Gasteiger partial charge >= 0.3 is 0 Å². The van der Waals surface area contributed by atoms with Crippen LogP contribution in [0.25, 0.3) is 5.69 Å². The zero-order valence-electron chi connectivity index (χ0n) is 13.2. The maximum absolute atomic E-state index is 5.46. The second-order valence-corrected chi connectivity index (χ2v) is 5.96. The molecule has 0 unspecified atom stereocenters. The van der Waals surface area contributed by atoms with Crippen LogP contribution in [-0.4, -0.2) is 33.5 Å². The molecule has 0 aliphatic carbocycles. The number of benzene rings is 1. The zero-order valence-corrected chi connectivity index (χ0v) is 13.2. The highest BCUT2D eigenvalue weighted by Crippen LogP contribution is 2.16. The SMILES string of the molecule is COC(C)(C)C[C@H](C)NCc1ccc(-n2cncn2)cc1. The van der Waals surface area contributed by atoms with Gasteiger partial charge in [0, 0.05) is 19.7 Å². The van der Waals surface area contributed by atoms with E-state index in [0.717, 1.165) is 18.7 Å². The fraction of sp³-hybridized carbons (Fsp3) is 0.500. The van der Waals surface area contributed by atoms with Crippen molar-refractivity contribution < 1.29 is 4.74 Å². The molecule has 2 rings (SSSR count). The summed E-state index contributed by atoms with van der Waals surface area (Å²) in [5.74, 6) is 0. The van der Waals surface area contributed by atoms with Crippen molar-refractivity contribution in [3.8, 4) is 5.69 Å². The van der Waals surface area contributed by atoms with Crippen LogP contribution in [0.2, 0.25) is 0 Å². The van der Waals surface area contributed by atoms with Gasteiger partial charge in [-0.25, -0.2) is 9.67 Å². The topological polar surface area (TPSA) is 52.0 Å². The standard InChI is InChI=1S/C16H24N4O/c1-13(9-16(2,3)21-4)18-10-14-5-7-15(8-6-14)20-12-17-11-19-20/h5-8,11-13,18H,9-10H2,1-4H3/t13-/m0/s1. The summed E-state index contributed by atoms with van der Waals surface area (Å²) in [4.78, 5) is 3.95. The van der Waals surface area contributed by atoms with Gasteiger partial charge in [0.25, 0.3) is 0 Å². The minimum absolute atomic E-state index is 0.0939. The summed E-state index contributed by atoms with van der Waals surface area (Å²) >= 11 is 0. The molecule has 1 heterocycles. The van der Waals surface area contributed by atoms with Crippen molar-refractivity contribution in [1.29, 1.82) is 0 Å². The minimum Gasteiger partial charge on any atom is -0.379 e. The average molecular weight is 288 g/mol. The number of nitrogens with one attached hydrogen (secondary N) is 1. The lowest BCUT2D eigenvalue weighted by Gasteiger charge is -2.27. The Bertz CT molecular complexity index is 534. The first-order valence-electron chi connectivity index (χ1n) is 7.23. The lowest BCUT2D eigenvalue weighted by atomic mass is 10.00. The van der Waals surface area contributed by atoms with Gasteiger partial charge in [-0.1, -0.05) is 12.1 Å². The van der Waals surface area contributed by atoms with Gasteiger partial charge in [-0.3, -0.25) is 0 Å². The Hall–Kier alpha value is -1.72. The molecule has 1 N–H and O–H groups in total. The van der Waals surface area contributed by atoms with E-state index in [1.165, 1.54) is 11.9 Å². The van der Waals surface area contributed by atoms with Crippen LogP contribution >= 0.6 is 0 Å². The molecular formula is C16H24N4O. The number of hydrogen-bond acceptors (Lipinski definition) is 4. The summed E-state index contributed by atoms with van der Waals surface area (Å²) < 4.78 is 7.21. The number of ether oxygens (including phenoxy) is 1. The second-order valence-electron chi connectivity index (χ2n) is 5.96. The van der Waals surface area contributed by atoms with E-state index in [2.05, 4.69) is 60.4 Å². The molecule has 5 heteroatoms. The molecule has 114 valence electrons. The van der Waals surface area contributed by atoms with Crippen LogP contribution in [0, 0.1) is 0 Å². The predicted octanol–water partition coefficient (Wildman–Crippen LogP) is 2.56. The number of aromatic nitrogens is 3. The molecule has 0 aliphatic heterocycles. The normalized spacial score (nSPS) is 13.3. The summed E-state index contributed by atoms with van der Waals surface area (Å²) in [6, 6.07) is 8.72. The number of hydrogen-bond donors (Lipinski definition) is 1. The van der Waals surface area contributed by atoms with Crippen LogP contribution in [0.3, 0.4) is 0 Å². The van der Waals surface area contributed by atoms with Crippen molar-refractivity contribution in [2.75, 3.05) is 7.11 Å². The molecule has 0 amide bonds. The van der Waals surface area contributed by atoms with Crippen LogP contribution in [0.5, 0.6) is 0 Å². The number of nitrogens with zero attached hydrogens (tertiary/aromatic N) is 3. The molecular weight excluding hydrogens is 264 g/mol. The van der Waals surface area contributed by atoms with E-state index >= 15 is 0 Å². The van der Waals surface area contributed by atoms with Crippen molar-refractivity contribution in [3.63, 3.8) is 0 Å².